The highest BCUT2D eigenvalue weighted by molar-refractivity contribution is 6.17. The van der Waals surface area contributed by atoms with Crippen LogP contribution in [0.5, 0.6) is 5.88 Å². The van der Waals surface area contributed by atoms with Crippen molar-refractivity contribution in [1.82, 2.24) is 9.78 Å². The lowest BCUT2D eigenvalue weighted by Crippen LogP contribution is -2.06. The number of nitrogens with zero attached hydrogens (tertiary/aromatic N) is 2. The number of alkyl halides is 1. The summed E-state index contributed by atoms with van der Waals surface area (Å²) in [6.45, 7) is 1.97. The van der Waals surface area contributed by atoms with E-state index in [9.17, 15) is 4.79 Å². The Bertz CT molecular complexity index is 285. The number of hydrogen-bond donors (Lipinski definition) is 0. The number of carbonyl (C=O) groups excluding carboxylic acids is 1. The largest absolute Gasteiger partial charge is 0.477 e. The first-order chi connectivity index (χ1) is 6.24. The van der Waals surface area contributed by atoms with E-state index in [1.54, 1.807) is 12.3 Å². The molecule has 0 radical (unpaired) electrons. The molecule has 1 heterocycles. The Morgan fingerprint density at radius 3 is 3.08 bits per heavy atom. The minimum atomic E-state index is -0.132. The maximum absolute atomic E-state index is 10.8. The fourth-order valence-electron chi connectivity index (χ4n) is 0.791. The van der Waals surface area contributed by atoms with E-state index in [-0.39, 0.29) is 5.91 Å². The van der Waals surface area contributed by atoms with E-state index in [2.05, 4.69) is 5.10 Å². The zero-order valence-electron chi connectivity index (χ0n) is 7.36. The molecule has 1 aromatic heterocycles. The molecule has 0 aliphatic heterocycles. The SMILES string of the molecule is CC(=O)n1ccc(OCCCCl)n1. The second-order valence-electron chi connectivity index (χ2n) is 2.51. The summed E-state index contributed by atoms with van der Waals surface area (Å²) in [6.07, 6.45) is 2.34. The van der Waals surface area contributed by atoms with Crippen LogP contribution in [0.15, 0.2) is 12.3 Å². The molecule has 1 rings (SSSR count). The van der Waals surface area contributed by atoms with Crippen molar-refractivity contribution in [1.29, 1.82) is 0 Å². The first kappa shape index (κ1) is 10.1. The number of aromatic nitrogens is 2. The van der Waals surface area contributed by atoms with Gasteiger partial charge in [-0.2, -0.15) is 0 Å². The molecule has 0 aliphatic rings. The molecule has 72 valence electrons. The maximum Gasteiger partial charge on any atom is 0.243 e. The van der Waals surface area contributed by atoms with Crippen molar-refractivity contribution in [2.24, 2.45) is 0 Å². The van der Waals surface area contributed by atoms with Gasteiger partial charge in [-0.15, -0.1) is 16.7 Å². The highest BCUT2D eigenvalue weighted by Crippen LogP contribution is 2.05. The molecular weight excluding hydrogens is 192 g/mol. The Balaban J connectivity index is 2.44. The second-order valence-corrected chi connectivity index (χ2v) is 2.89. The van der Waals surface area contributed by atoms with Crippen LogP contribution in [0, 0.1) is 0 Å². The van der Waals surface area contributed by atoms with Gasteiger partial charge in [-0.1, -0.05) is 0 Å². The molecule has 0 aromatic carbocycles. The van der Waals surface area contributed by atoms with Gasteiger partial charge < -0.3 is 4.74 Å². The summed E-state index contributed by atoms with van der Waals surface area (Å²) in [5.41, 5.74) is 0. The van der Waals surface area contributed by atoms with E-state index < -0.39 is 0 Å². The van der Waals surface area contributed by atoms with Crippen LogP contribution in [0.1, 0.15) is 18.1 Å². The summed E-state index contributed by atoms with van der Waals surface area (Å²) >= 11 is 5.46. The predicted molar refractivity (Wildman–Crippen MR) is 49.4 cm³/mol. The molecule has 5 heteroatoms. The normalized spacial score (nSPS) is 10.0. The molecule has 0 unspecified atom stereocenters. The van der Waals surface area contributed by atoms with Crippen LogP contribution >= 0.6 is 11.6 Å². The van der Waals surface area contributed by atoms with Crippen LogP contribution in [-0.4, -0.2) is 28.2 Å². The van der Waals surface area contributed by atoms with E-state index >= 15 is 0 Å². The lowest BCUT2D eigenvalue weighted by atomic mass is 10.5. The van der Waals surface area contributed by atoms with Crippen molar-refractivity contribution < 1.29 is 9.53 Å². The third-order valence-electron chi connectivity index (χ3n) is 1.42. The summed E-state index contributed by atoms with van der Waals surface area (Å²) in [5, 5.41) is 3.88. The molecular formula is C8H11ClN2O2. The van der Waals surface area contributed by atoms with Crippen LogP contribution in [0.4, 0.5) is 0 Å². The third-order valence-corrected chi connectivity index (χ3v) is 1.68. The smallest absolute Gasteiger partial charge is 0.243 e. The Morgan fingerprint density at radius 2 is 2.54 bits per heavy atom. The molecule has 0 saturated carbocycles. The number of carbonyl (C=O) groups is 1. The van der Waals surface area contributed by atoms with Crippen molar-refractivity contribution in [3.8, 4) is 5.88 Å². The highest BCUT2D eigenvalue weighted by atomic mass is 35.5. The van der Waals surface area contributed by atoms with E-state index in [0.29, 0.717) is 18.4 Å². The van der Waals surface area contributed by atoms with Crippen LogP contribution in [0.3, 0.4) is 0 Å². The van der Waals surface area contributed by atoms with E-state index in [0.717, 1.165) is 6.42 Å². The molecule has 0 bridgehead atoms. The number of ether oxygens (including phenoxy) is 1. The van der Waals surface area contributed by atoms with Crippen molar-refractivity contribution >= 4 is 17.5 Å². The Labute approximate surface area is 81.4 Å². The van der Waals surface area contributed by atoms with E-state index in [1.165, 1.54) is 11.6 Å². The van der Waals surface area contributed by atoms with Crippen molar-refractivity contribution in [2.75, 3.05) is 12.5 Å². The highest BCUT2D eigenvalue weighted by Gasteiger charge is 2.01. The van der Waals surface area contributed by atoms with Crippen LogP contribution in [0.25, 0.3) is 0 Å². The van der Waals surface area contributed by atoms with Crippen LogP contribution < -0.4 is 4.74 Å². The standard InChI is InChI=1S/C8H11ClN2O2/c1-7(12)11-5-3-8(10-11)13-6-2-4-9/h3,5H,2,4,6H2,1H3. The number of rotatable bonds is 4. The lowest BCUT2D eigenvalue weighted by Gasteiger charge is -1.98. The Hall–Kier alpha value is -1.03. The van der Waals surface area contributed by atoms with Gasteiger partial charge in [0.1, 0.15) is 0 Å². The van der Waals surface area contributed by atoms with Crippen molar-refractivity contribution in [2.45, 2.75) is 13.3 Å². The average Bonchev–Trinajstić information content (AvgIpc) is 2.53. The van der Waals surface area contributed by atoms with Gasteiger partial charge in [0.15, 0.2) is 0 Å². The van der Waals surface area contributed by atoms with Crippen LogP contribution in [0.2, 0.25) is 0 Å². The number of halogens is 1. The maximum atomic E-state index is 10.8. The van der Waals surface area contributed by atoms with Crippen LogP contribution in [-0.2, 0) is 0 Å². The monoisotopic (exact) mass is 202 g/mol. The van der Waals surface area contributed by atoms with Gasteiger partial charge in [0.25, 0.3) is 0 Å². The van der Waals surface area contributed by atoms with Gasteiger partial charge in [-0.3, -0.25) is 4.79 Å². The zero-order chi connectivity index (χ0) is 9.68. The van der Waals surface area contributed by atoms with Crippen molar-refractivity contribution in [3.05, 3.63) is 12.3 Å². The van der Waals surface area contributed by atoms with Gasteiger partial charge in [-0.25, -0.2) is 4.68 Å². The molecule has 0 spiro atoms. The van der Waals surface area contributed by atoms with Gasteiger partial charge in [0.2, 0.25) is 11.8 Å². The summed E-state index contributed by atoms with van der Waals surface area (Å²) < 4.78 is 6.44. The minimum Gasteiger partial charge on any atom is -0.477 e. The van der Waals surface area contributed by atoms with E-state index in [4.69, 9.17) is 16.3 Å². The zero-order valence-corrected chi connectivity index (χ0v) is 8.12. The summed E-state index contributed by atoms with van der Waals surface area (Å²) in [4.78, 5) is 10.8. The first-order valence-electron chi connectivity index (χ1n) is 3.99. The topological polar surface area (TPSA) is 44.1 Å². The Morgan fingerprint density at radius 1 is 1.77 bits per heavy atom. The third kappa shape index (κ3) is 3.06. The first-order valence-corrected chi connectivity index (χ1v) is 4.53. The molecule has 0 amide bonds. The summed E-state index contributed by atoms with van der Waals surface area (Å²) in [6, 6.07) is 1.65. The molecule has 0 saturated heterocycles. The molecule has 0 atom stereocenters. The molecule has 0 N–H and O–H groups in total. The lowest BCUT2D eigenvalue weighted by molar-refractivity contribution is 0.0918. The predicted octanol–water partition coefficient (Wildman–Crippen LogP) is 1.55. The summed E-state index contributed by atoms with van der Waals surface area (Å²) in [5.74, 6) is 0.889. The van der Waals surface area contributed by atoms with E-state index in [1.807, 2.05) is 0 Å². The minimum absolute atomic E-state index is 0.132. The molecule has 1 aromatic rings. The average molecular weight is 203 g/mol. The van der Waals surface area contributed by atoms with Gasteiger partial charge in [-0.05, 0) is 6.42 Å². The summed E-state index contributed by atoms with van der Waals surface area (Å²) in [7, 11) is 0. The second kappa shape index (κ2) is 4.87. The quantitative estimate of drug-likeness (QED) is 0.550. The molecule has 0 aliphatic carbocycles. The van der Waals surface area contributed by atoms with Gasteiger partial charge in [0.05, 0.1) is 6.61 Å². The number of hydrogen-bond acceptors (Lipinski definition) is 3. The molecule has 0 fully saturated rings. The van der Waals surface area contributed by atoms with Gasteiger partial charge in [0, 0.05) is 25.1 Å². The molecule has 4 nitrogen and oxygen atoms in total. The Kier molecular flexibility index (Phi) is 3.76. The van der Waals surface area contributed by atoms with Crippen molar-refractivity contribution in [3.63, 3.8) is 0 Å². The fraction of sp³-hybridized carbons (Fsp3) is 0.500. The molecule has 13 heavy (non-hydrogen) atoms. The fourth-order valence-corrected chi connectivity index (χ4v) is 0.900. The van der Waals surface area contributed by atoms with Gasteiger partial charge >= 0.3 is 0 Å².